The lowest BCUT2D eigenvalue weighted by Crippen LogP contribution is -2.16. The van der Waals surface area contributed by atoms with Gasteiger partial charge >= 0.3 is 5.97 Å². The van der Waals surface area contributed by atoms with E-state index in [0.29, 0.717) is 27.6 Å². The second-order valence-corrected chi connectivity index (χ2v) is 8.26. The molecule has 0 unspecified atom stereocenters. The van der Waals surface area contributed by atoms with Gasteiger partial charge in [-0.3, -0.25) is 9.59 Å². The van der Waals surface area contributed by atoms with Gasteiger partial charge in [0.15, 0.2) is 0 Å². The number of amides is 2. The molecule has 2 N–H and O–H groups in total. The number of benzene rings is 2. The predicted molar refractivity (Wildman–Crippen MR) is 131 cm³/mol. The van der Waals surface area contributed by atoms with Gasteiger partial charge in [-0.15, -0.1) is 11.3 Å². The minimum Gasteiger partial charge on any atom is -0.497 e. The molecular formula is C25H26N2O6S. The second kappa shape index (κ2) is 11.3. The minimum atomic E-state index is -0.601. The number of hydrogen-bond acceptors (Lipinski definition) is 7. The van der Waals surface area contributed by atoms with E-state index >= 15 is 0 Å². The number of nitrogens with one attached hydrogen (secondary N) is 2. The third-order valence-corrected chi connectivity index (χ3v) is 6.14. The maximum atomic E-state index is 13.0. The van der Waals surface area contributed by atoms with Gasteiger partial charge in [-0.05, 0) is 49.2 Å². The summed E-state index contributed by atoms with van der Waals surface area (Å²) >= 11 is 1.03. The van der Waals surface area contributed by atoms with Crippen LogP contribution in [-0.4, -0.2) is 38.6 Å². The molecule has 1 aromatic heterocycles. The first-order chi connectivity index (χ1) is 16.4. The molecule has 2 aromatic carbocycles. The molecule has 34 heavy (non-hydrogen) atoms. The summed E-state index contributed by atoms with van der Waals surface area (Å²) in [6.07, 6.45) is 0.0918. The van der Waals surface area contributed by atoms with Crippen LogP contribution in [0, 0.1) is 6.92 Å². The van der Waals surface area contributed by atoms with Gasteiger partial charge in [0.1, 0.15) is 16.5 Å². The van der Waals surface area contributed by atoms with E-state index in [1.165, 1.54) is 7.11 Å². The Morgan fingerprint density at radius 2 is 1.65 bits per heavy atom. The van der Waals surface area contributed by atoms with E-state index in [4.69, 9.17) is 14.2 Å². The topological polar surface area (TPSA) is 103 Å². The Bertz CT molecular complexity index is 1190. The molecule has 8 nitrogen and oxygen atoms in total. The summed E-state index contributed by atoms with van der Waals surface area (Å²) in [6, 6.07) is 14.0. The van der Waals surface area contributed by atoms with E-state index in [2.05, 4.69) is 10.6 Å². The fraction of sp³-hybridized carbons (Fsp3) is 0.240. The van der Waals surface area contributed by atoms with Gasteiger partial charge in [-0.25, -0.2) is 4.79 Å². The van der Waals surface area contributed by atoms with Gasteiger partial charge in [-0.2, -0.15) is 0 Å². The largest absolute Gasteiger partial charge is 0.497 e. The summed E-state index contributed by atoms with van der Waals surface area (Å²) < 4.78 is 15.5. The van der Waals surface area contributed by atoms with Crippen molar-refractivity contribution in [3.8, 4) is 11.5 Å². The molecule has 0 saturated carbocycles. The highest BCUT2D eigenvalue weighted by molar-refractivity contribution is 7.18. The molecule has 9 heteroatoms. The van der Waals surface area contributed by atoms with E-state index in [0.717, 1.165) is 16.9 Å². The zero-order chi connectivity index (χ0) is 24.7. The van der Waals surface area contributed by atoms with Crippen molar-refractivity contribution in [1.29, 1.82) is 0 Å². The van der Waals surface area contributed by atoms with Crippen LogP contribution in [0.1, 0.15) is 38.1 Å². The van der Waals surface area contributed by atoms with Crippen molar-refractivity contribution >= 4 is 39.8 Å². The highest BCUT2D eigenvalue weighted by atomic mass is 32.1. The fourth-order valence-electron chi connectivity index (χ4n) is 3.26. The van der Waals surface area contributed by atoms with Crippen molar-refractivity contribution in [2.45, 2.75) is 20.3 Å². The fourth-order valence-corrected chi connectivity index (χ4v) is 4.36. The zero-order valence-corrected chi connectivity index (χ0v) is 20.2. The molecule has 0 atom stereocenters. The summed E-state index contributed by atoms with van der Waals surface area (Å²) in [7, 11) is 3.11. The summed E-state index contributed by atoms with van der Waals surface area (Å²) in [5, 5.41) is 5.85. The van der Waals surface area contributed by atoms with Gasteiger partial charge in [0, 0.05) is 11.8 Å². The Kier molecular flexibility index (Phi) is 8.26. The molecule has 0 radical (unpaired) electrons. The van der Waals surface area contributed by atoms with Crippen molar-refractivity contribution in [2.24, 2.45) is 0 Å². The van der Waals surface area contributed by atoms with Gasteiger partial charge in [0.25, 0.3) is 5.91 Å². The standard InChI is InChI=1S/C25H26N2O6S/c1-5-33-25(30)21-15(2)22(23(29)26-17-7-6-8-19(14-17)32-4)34-24(21)27-20(28)13-16-9-11-18(31-3)12-10-16/h6-12,14H,5,13H2,1-4H3,(H,26,29)(H,27,28). The highest BCUT2D eigenvalue weighted by Gasteiger charge is 2.27. The van der Waals surface area contributed by atoms with Gasteiger partial charge < -0.3 is 24.8 Å². The molecule has 0 fully saturated rings. The van der Waals surface area contributed by atoms with Crippen molar-refractivity contribution < 1.29 is 28.6 Å². The molecule has 0 aliphatic carbocycles. The molecule has 3 aromatic rings. The maximum Gasteiger partial charge on any atom is 0.341 e. The normalized spacial score (nSPS) is 10.4. The molecule has 2 amide bonds. The predicted octanol–water partition coefficient (Wildman–Crippen LogP) is 4.68. The molecule has 178 valence electrons. The Hall–Kier alpha value is -3.85. The van der Waals surface area contributed by atoms with Crippen LogP contribution in [0.5, 0.6) is 11.5 Å². The summed E-state index contributed by atoms with van der Waals surface area (Å²) in [4.78, 5) is 38.7. The number of carbonyl (C=O) groups excluding carboxylic acids is 3. The molecule has 3 rings (SSSR count). The third-order valence-electron chi connectivity index (χ3n) is 4.94. The smallest absolute Gasteiger partial charge is 0.341 e. The van der Waals surface area contributed by atoms with E-state index in [9.17, 15) is 14.4 Å². The van der Waals surface area contributed by atoms with Crippen molar-refractivity contribution in [3.63, 3.8) is 0 Å². The van der Waals surface area contributed by atoms with Crippen LogP contribution < -0.4 is 20.1 Å². The first kappa shape index (κ1) is 24.8. The highest BCUT2D eigenvalue weighted by Crippen LogP contribution is 2.34. The Labute approximate surface area is 201 Å². The quantitative estimate of drug-likeness (QED) is 0.429. The van der Waals surface area contributed by atoms with Crippen LogP contribution in [0.3, 0.4) is 0 Å². The van der Waals surface area contributed by atoms with Crippen LogP contribution in [-0.2, 0) is 16.0 Å². The number of ether oxygens (including phenoxy) is 3. The number of thiophene rings is 1. The minimum absolute atomic E-state index is 0.0918. The molecule has 0 bridgehead atoms. The van der Waals surface area contributed by atoms with Crippen molar-refractivity contribution in [1.82, 2.24) is 0 Å². The lowest BCUT2D eigenvalue weighted by molar-refractivity contribution is -0.115. The molecule has 0 aliphatic heterocycles. The van der Waals surface area contributed by atoms with Crippen molar-refractivity contribution in [3.05, 3.63) is 70.1 Å². The third kappa shape index (κ3) is 5.93. The number of esters is 1. The lowest BCUT2D eigenvalue weighted by atomic mass is 10.1. The van der Waals surface area contributed by atoms with Crippen LogP contribution >= 0.6 is 11.3 Å². The first-order valence-corrected chi connectivity index (χ1v) is 11.4. The Balaban J connectivity index is 1.85. The number of rotatable bonds is 9. The van der Waals surface area contributed by atoms with E-state index in [-0.39, 0.29) is 29.5 Å². The van der Waals surface area contributed by atoms with Gasteiger partial charge in [0.05, 0.1) is 37.7 Å². The summed E-state index contributed by atoms with van der Waals surface area (Å²) in [6.45, 7) is 3.51. The number of methoxy groups -OCH3 is 2. The van der Waals surface area contributed by atoms with Crippen LogP contribution in [0.2, 0.25) is 0 Å². The van der Waals surface area contributed by atoms with E-state index < -0.39 is 11.9 Å². The van der Waals surface area contributed by atoms with E-state index in [1.54, 1.807) is 69.5 Å². The zero-order valence-electron chi connectivity index (χ0n) is 19.4. The Morgan fingerprint density at radius 3 is 2.29 bits per heavy atom. The van der Waals surface area contributed by atoms with Gasteiger partial charge in [0.2, 0.25) is 5.91 Å². The second-order valence-electron chi connectivity index (χ2n) is 7.24. The molecule has 0 aliphatic rings. The van der Waals surface area contributed by atoms with E-state index in [1.807, 2.05) is 0 Å². The number of anilines is 2. The SMILES string of the molecule is CCOC(=O)c1c(NC(=O)Cc2ccc(OC)cc2)sc(C(=O)Nc2cccc(OC)c2)c1C. The number of hydrogen-bond donors (Lipinski definition) is 2. The lowest BCUT2D eigenvalue weighted by Gasteiger charge is -2.08. The van der Waals surface area contributed by atoms with Crippen LogP contribution in [0.15, 0.2) is 48.5 Å². The summed E-state index contributed by atoms with van der Waals surface area (Å²) in [5.74, 6) is -0.0428. The average Bonchev–Trinajstić information content (AvgIpc) is 3.15. The molecule has 0 spiro atoms. The van der Waals surface area contributed by atoms with Crippen LogP contribution in [0.25, 0.3) is 0 Å². The van der Waals surface area contributed by atoms with Crippen LogP contribution in [0.4, 0.5) is 10.7 Å². The molecule has 0 saturated heterocycles. The Morgan fingerprint density at radius 1 is 0.941 bits per heavy atom. The first-order valence-electron chi connectivity index (χ1n) is 10.5. The average molecular weight is 483 g/mol. The van der Waals surface area contributed by atoms with Gasteiger partial charge in [-0.1, -0.05) is 18.2 Å². The molecule has 1 heterocycles. The molecular weight excluding hydrogens is 456 g/mol. The maximum absolute atomic E-state index is 13.0. The van der Waals surface area contributed by atoms with Crippen molar-refractivity contribution in [2.75, 3.05) is 31.5 Å². The number of carbonyl (C=O) groups is 3. The summed E-state index contributed by atoms with van der Waals surface area (Å²) in [5.41, 5.74) is 1.93. The monoisotopic (exact) mass is 482 g/mol.